The van der Waals surface area contributed by atoms with Crippen molar-refractivity contribution >= 4 is 34.8 Å². The van der Waals surface area contributed by atoms with Gasteiger partial charge in [0.15, 0.2) is 5.82 Å². The number of rotatable bonds is 5. The normalized spacial score (nSPS) is 12.2. The van der Waals surface area contributed by atoms with E-state index in [1.54, 1.807) is 12.3 Å². The number of nitrogens with zero attached hydrogens (tertiary/aromatic N) is 3. The minimum Gasteiger partial charge on any atom is -0.383 e. The minimum atomic E-state index is -0.754. The molecule has 0 aliphatic carbocycles. The first-order valence-electron chi connectivity index (χ1n) is 5.92. The smallest absolute Gasteiger partial charge is 0.243 e. The Kier molecular flexibility index (Phi) is 5.13. The van der Waals surface area contributed by atoms with E-state index < -0.39 is 6.04 Å². The maximum Gasteiger partial charge on any atom is 0.243 e. The summed E-state index contributed by atoms with van der Waals surface area (Å²) in [5.74, 6) is 0.0364. The summed E-state index contributed by atoms with van der Waals surface area (Å²) in [6.45, 7) is 0.130. The second kappa shape index (κ2) is 6.86. The first-order valence-corrected chi connectivity index (χ1v) is 6.68. The first-order chi connectivity index (χ1) is 10.0. The predicted molar refractivity (Wildman–Crippen MR) is 79.9 cm³/mol. The third kappa shape index (κ3) is 3.92. The fraction of sp³-hybridized carbons (Fsp3) is 0.250. The first kappa shape index (κ1) is 15.7. The van der Waals surface area contributed by atoms with Crippen LogP contribution in [0.4, 0.5) is 5.69 Å². The van der Waals surface area contributed by atoms with E-state index in [1.807, 2.05) is 0 Å². The molecule has 2 rings (SSSR count). The highest BCUT2D eigenvalue weighted by Gasteiger charge is 2.14. The molecular weight excluding hydrogens is 317 g/mol. The van der Waals surface area contributed by atoms with Gasteiger partial charge in [0.2, 0.25) is 5.91 Å². The van der Waals surface area contributed by atoms with Crippen LogP contribution in [0.5, 0.6) is 0 Å². The van der Waals surface area contributed by atoms with Gasteiger partial charge in [-0.1, -0.05) is 23.2 Å². The number of amides is 1. The number of anilines is 1. The Morgan fingerprint density at radius 3 is 2.95 bits per heavy atom. The van der Waals surface area contributed by atoms with Crippen LogP contribution in [0.15, 0.2) is 24.7 Å². The number of hydrogen-bond donors (Lipinski definition) is 2. The molecule has 1 unspecified atom stereocenters. The largest absolute Gasteiger partial charge is 0.383 e. The van der Waals surface area contributed by atoms with Crippen molar-refractivity contribution in [1.29, 1.82) is 0 Å². The molecule has 2 aromatic rings. The van der Waals surface area contributed by atoms with Gasteiger partial charge in [0, 0.05) is 13.3 Å². The van der Waals surface area contributed by atoms with Crippen LogP contribution in [0, 0.1) is 0 Å². The van der Waals surface area contributed by atoms with Gasteiger partial charge in [-0.3, -0.25) is 4.79 Å². The van der Waals surface area contributed by atoms with Crippen LogP contribution in [0.2, 0.25) is 10.0 Å². The standard InChI is InChI=1S/C12H13Cl2N5O2/c1-21-6-10(15)12(20)18-8-4-17-19(5-8)11-9(14)2-7(13)3-16-11/h2-5,10H,6,15H2,1H3,(H,18,20). The number of nitrogens with one attached hydrogen (secondary N) is 1. The highest BCUT2D eigenvalue weighted by atomic mass is 35.5. The number of carbonyl (C=O) groups excluding carboxylic acids is 1. The number of ether oxygens (including phenoxy) is 1. The summed E-state index contributed by atoms with van der Waals surface area (Å²) in [6.07, 6.45) is 4.49. The van der Waals surface area contributed by atoms with Gasteiger partial charge in [-0.05, 0) is 6.07 Å². The van der Waals surface area contributed by atoms with E-state index in [0.29, 0.717) is 21.6 Å². The Morgan fingerprint density at radius 2 is 2.29 bits per heavy atom. The number of pyridine rings is 1. The molecule has 0 fully saturated rings. The lowest BCUT2D eigenvalue weighted by molar-refractivity contribution is -0.118. The van der Waals surface area contributed by atoms with Crippen molar-refractivity contribution in [3.63, 3.8) is 0 Å². The molecule has 2 aromatic heterocycles. The van der Waals surface area contributed by atoms with Crippen LogP contribution in [-0.4, -0.2) is 40.4 Å². The predicted octanol–water partition coefficient (Wildman–Crippen LogP) is 1.49. The minimum absolute atomic E-state index is 0.130. The lowest BCUT2D eigenvalue weighted by atomic mass is 10.3. The summed E-state index contributed by atoms with van der Waals surface area (Å²) in [7, 11) is 1.47. The van der Waals surface area contributed by atoms with E-state index in [-0.39, 0.29) is 12.5 Å². The molecule has 0 saturated heterocycles. The Morgan fingerprint density at radius 1 is 1.52 bits per heavy atom. The SMILES string of the molecule is COCC(N)C(=O)Nc1cnn(-c2ncc(Cl)cc2Cl)c1. The fourth-order valence-corrected chi connectivity index (χ4v) is 2.04. The molecule has 0 bridgehead atoms. The molecule has 9 heteroatoms. The number of carbonyl (C=O) groups is 1. The average molecular weight is 330 g/mol. The van der Waals surface area contributed by atoms with Crippen LogP contribution in [0.25, 0.3) is 5.82 Å². The van der Waals surface area contributed by atoms with Crippen LogP contribution in [-0.2, 0) is 9.53 Å². The topological polar surface area (TPSA) is 95.1 Å². The second-order valence-electron chi connectivity index (χ2n) is 4.18. The van der Waals surface area contributed by atoms with Gasteiger partial charge in [0.05, 0.1) is 34.7 Å². The van der Waals surface area contributed by atoms with Crippen LogP contribution in [0.1, 0.15) is 0 Å². The summed E-state index contributed by atoms with van der Waals surface area (Å²) >= 11 is 11.8. The highest BCUT2D eigenvalue weighted by molar-refractivity contribution is 6.35. The summed E-state index contributed by atoms with van der Waals surface area (Å²) in [6, 6.07) is 0.801. The van der Waals surface area contributed by atoms with Crippen LogP contribution >= 0.6 is 23.2 Å². The van der Waals surface area contributed by atoms with Gasteiger partial charge in [-0.25, -0.2) is 9.67 Å². The van der Waals surface area contributed by atoms with Crippen LogP contribution < -0.4 is 11.1 Å². The fourth-order valence-electron chi connectivity index (χ4n) is 1.57. The third-order valence-corrected chi connectivity index (χ3v) is 3.02. The molecule has 0 aliphatic rings. The summed E-state index contributed by atoms with van der Waals surface area (Å²) in [5, 5.41) is 7.47. The van der Waals surface area contributed by atoms with E-state index in [4.69, 9.17) is 33.7 Å². The number of hydrogen-bond acceptors (Lipinski definition) is 5. The lowest BCUT2D eigenvalue weighted by Gasteiger charge is -2.09. The molecule has 0 aromatic carbocycles. The molecule has 1 amide bonds. The maximum atomic E-state index is 11.7. The molecule has 3 N–H and O–H groups in total. The number of aromatic nitrogens is 3. The molecule has 0 radical (unpaired) electrons. The number of nitrogens with two attached hydrogens (primary N) is 1. The highest BCUT2D eigenvalue weighted by Crippen LogP contribution is 2.22. The van der Waals surface area contributed by atoms with Gasteiger partial charge in [-0.2, -0.15) is 5.10 Å². The van der Waals surface area contributed by atoms with Crippen molar-refractivity contribution in [2.24, 2.45) is 5.73 Å². The molecule has 0 saturated carbocycles. The Labute approximate surface area is 131 Å². The Balaban J connectivity index is 2.13. The summed E-state index contributed by atoms with van der Waals surface area (Å²) in [4.78, 5) is 15.8. The molecule has 1 atom stereocenters. The van der Waals surface area contributed by atoms with Crippen molar-refractivity contribution in [3.05, 3.63) is 34.7 Å². The van der Waals surface area contributed by atoms with Gasteiger partial charge in [0.25, 0.3) is 0 Å². The van der Waals surface area contributed by atoms with Gasteiger partial charge in [-0.15, -0.1) is 0 Å². The van der Waals surface area contributed by atoms with E-state index in [9.17, 15) is 4.79 Å². The van der Waals surface area contributed by atoms with Crippen LogP contribution in [0.3, 0.4) is 0 Å². The van der Waals surface area contributed by atoms with Crippen molar-refractivity contribution in [3.8, 4) is 5.82 Å². The molecule has 7 nitrogen and oxygen atoms in total. The third-order valence-electron chi connectivity index (χ3n) is 2.54. The average Bonchev–Trinajstić information content (AvgIpc) is 2.87. The zero-order chi connectivity index (χ0) is 15.4. The number of halogens is 2. The number of methoxy groups -OCH3 is 1. The summed E-state index contributed by atoms with van der Waals surface area (Å²) in [5.41, 5.74) is 6.09. The molecule has 0 aliphatic heterocycles. The lowest BCUT2D eigenvalue weighted by Crippen LogP contribution is -2.39. The zero-order valence-corrected chi connectivity index (χ0v) is 12.6. The van der Waals surface area contributed by atoms with Gasteiger partial charge < -0.3 is 15.8 Å². The van der Waals surface area contributed by atoms with E-state index in [1.165, 1.54) is 24.2 Å². The maximum absolute atomic E-state index is 11.7. The van der Waals surface area contributed by atoms with Gasteiger partial charge in [0.1, 0.15) is 6.04 Å². The molecule has 21 heavy (non-hydrogen) atoms. The summed E-state index contributed by atoms with van der Waals surface area (Å²) < 4.78 is 6.24. The molecule has 0 spiro atoms. The van der Waals surface area contributed by atoms with E-state index in [2.05, 4.69) is 15.4 Å². The van der Waals surface area contributed by atoms with Crippen molar-refractivity contribution in [2.75, 3.05) is 19.0 Å². The van der Waals surface area contributed by atoms with Gasteiger partial charge >= 0.3 is 0 Å². The molecule has 2 heterocycles. The Bertz CT molecular complexity index is 646. The second-order valence-corrected chi connectivity index (χ2v) is 5.03. The molecular formula is C12H13Cl2N5O2. The zero-order valence-electron chi connectivity index (χ0n) is 11.1. The van der Waals surface area contributed by atoms with Crippen molar-refractivity contribution in [2.45, 2.75) is 6.04 Å². The quantitative estimate of drug-likeness (QED) is 0.866. The van der Waals surface area contributed by atoms with Crippen molar-refractivity contribution in [1.82, 2.24) is 14.8 Å². The van der Waals surface area contributed by atoms with E-state index in [0.717, 1.165) is 0 Å². The van der Waals surface area contributed by atoms with Crippen molar-refractivity contribution < 1.29 is 9.53 Å². The molecule has 112 valence electrons. The Hall–Kier alpha value is -1.67. The van der Waals surface area contributed by atoms with E-state index >= 15 is 0 Å². The monoisotopic (exact) mass is 329 g/mol.